The first-order chi connectivity index (χ1) is 18.7. The van der Waals surface area contributed by atoms with E-state index in [0.717, 1.165) is 85.3 Å². The van der Waals surface area contributed by atoms with Crippen LogP contribution in [0.3, 0.4) is 0 Å². The largest absolute Gasteiger partial charge is 0.489 e. The second-order valence-corrected chi connectivity index (χ2v) is 10.6. The number of aromatic nitrogens is 3. The molecule has 7 nitrogen and oxygen atoms in total. The normalized spacial score (nSPS) is 19.9. The maximum Gasteiger partial charge on any atom is 0.146 e. The van der Waals surface area contributed by atoms with Crippen LogP contribution in [0.4, 0.5) is 5.82 Å². The zero-order chi connectivity index (χ0) is 25.9. The number of benzene rings is 2. The highest BCUT2D eigenvalue weighted by atomic mass is 16.5. The van der Waals surface area contributed by atoms with Crippen molar-refractivity contribution in [2.45, 2.75) is 57.7 Å². The number of fused-ring (bicyclic) bond motifs is 1. The molecule has 1 saturated heterocycles. The van der Waals surface area contributed by atoms with Gasteiger partial charge >= 0.3 is 0 Å². The molecule has 3 N–H and O–H groups in total. The third-order valence-corrected chi connectivity index (χ3v) is 8.11. The lowest BCUT2D eigenvalue weighted by molar-refractivity contribution is 0.0737. The van der Waals surface area contributed by atoms with Crippen LogP contribution in [0.25, 0.3) is 22.2 Å². The lowest BCUT2D eigenvalue weighted by atomic mass is 9.79. The van der Waals surface area contributed by atoms with Gasteiger partial charge in [0.05, 0.1) is 5.39 Å². The van der Waals surface area contributed by atoms with Crippen LogP contribution in [0.2, 0.25) is 0 Å². The van der Waals surface area contributed by atoms with Gasteiger partial charge in [-0.05, 0) is 67.8 Å². The fraction of sp³-hybridized carbons (Fsp3) is 0.419. The molecule has 0 unspecified atom stereocenters. The van der Waals surface area contributed by atoms with Gasteiger partial charge in [0, 0.05) is 36.6 Å². The molecule has 2 fully saturated rings. The van der Waals surface area contributed by atoms with Crippen molar-refractivity contribution in [3.8, 4) is 16.9 Å². The number of anilines is 1. The Morgan fingerprint density at radius 2 is 1.87 bits per heavy atom. The van der Waals surface area contributed by atoms with E-state index in [9.17, 15) is 0 Å². The lowest BCUT2D eigenvalue weighted by Crippen LogP contribution is -2.41. The Hall–Kier alpha value is -3.42. The number of hydrogen-bond donors (Lipinski definition) is 2. The van der Waals surface area contributed by atoms with Crippen LogP contribution >= 0.6 is 0 Å². The third kappa shape index (κ3) is 5.00. The molecule has 0 radical (unpaired) electrons. The second-order valence-electron chi connectivity index (χ2n) is 10.6. The summed E-state index contributed by atoms with van der Waals surface area (Å²) in [5.41, 5.74) is 12.1. The van der Waals surface area contributed by atoms with Crippen LogP contribution in [-0.2, 0) is 17.8 Å². The number of nitrogens with two attached hydrogens (primary N) is 1. The number of ether oxygens (including phenoxy) is 2. The van der Waals surface area contributed by atoms with Gasteiger partial charge in [0.1, 0.15) is 30.1 Å². The quantitative estimate of drug-likeness (QED) is 0.307. The zero-order valence-electron chi connectivity index (χ0n) is 22.1. The van der Waals surface area contributed by atoms with Crippen molar-refractivity contribution < 1.29 is 9.47 Å². The Labute approximate surface area is 224 Å². The minimum atomic E-state index is 0.425. The lowest BCUT2D eigenvalue weighted by Gasteiger charge is -2.39. The maximum absolute atomic E-state index is 6.51. The summed E-state index contributed by atoms with van der Waals surface area (Å²) >= 11 is 0. The van der Waals surface area contributed by atoms with Gasteiger partial charge in [0.15, 0.2) is 0 Å². The highest BCUT2D eigenvalue weighted by Crippen LogP contribution is 2.45. The zero-order valence-corrected chi connectivity index (χ0v) is 22.1. The molecule has 198 valence electrons. The number of hydrogen-bond acceptors (Lipinski definition) is 6. The molecule has 0 atom stereocenters. The van der Waals surface area contributed by atoms with Crippen LogP contribution in [0, 0.1) is 5.92 Å². The minimum absolute atomic E-state index is 0.425. The van der Waals surface area contributed by atoms with E-state index in [1.165, 1.54) is 5.69 Å². The summed E-state index contributed by atoms with van der Waals surface area (Å²) in [6, 6.07) is 19.6. The molecular formula is C31H37N5O2. The van der Waals surface area contributed by atoms with E-state index in [0.29, 0.717) is 30.4 Å². The summed E-state index contributed by atoms with van der Waals surface area (Å²) in [5, 5.41) is 4.73. The predicted molar refractivity (Wildman–Crippen MR) is 151 cm³/mol. The molecular weight excluding hydrogens is 474 g/mol. The first-order valence-corrected chi connectivity index (χ1v) is 13.9. The van der Waals surface area contributed by atoms with Crippen LogP contribution in [0.5, 0.6) is 5.75 Å². The highest BCUT2D eigenvalue weighted by molar-refractivity contribution is 6.02. The molecule has 4 aromatic rings. The van der Waals surface area contributed by atoms with Gasteiger partial charge in [-0.1, -0.05) is 49.4 Å². The highest BCUT2D eigenvalue weighted by Gasteiger charge is 2.35. The molecule has 1 aliphatic heterocycles. The van der Waals surface area contributed by atoms with Crippen LogP contribution in [-0.4, -0.2) is 40.3 Å². The van der Waals surface area contributed by atoms with Crippen molar-refractivity contribution in [1.29, 1.82) is 0 Å². The van der Waals surface area contributed by atoms with Gasteiger partial charge in [-0.2, -0.15) is 0 Å². The van der Waals surface area contributed by atoms with Gasteiger partial charge in [-0.15, -0.1) is 0 Å². The summed E-state index contributed by atoms with van der Waals surface area (Å²) < 4.78 is 14.1. The van der Waals surface area contributed by atoms with Crippen molar-refractivity contribution >= 4 is 16.9 Å². The van der Waals surface area contributed by atoms with Crippen LogP contribution < -0.4 is 15.8 Å². The van der Waals surface area contributed by atoms with Crippen molar-refractivity contribution in [2.75, 3.05) is 25.5 Å². The first kappa shape index (κ1) is 24.9. The molecule has 2 aliphatic rings. The molecule has 7 heteroatoms. The summed E-state index contributed by atoms with van der Waals surface area (Å²) in [5.74, 6) is 2.06. The molecule has 0 amide bonds. The van der Waals surface area contributed by atoms with E-state index in [4.69, 9.17) is 20.2 Å². The van der Waals surface area contributed by atoms with E-state index < -0.39 is 0 Å². The molecule has 0 spiro atoms. The molecule has 38 heavy (non-hydrogen) atoms. The van der Waals surface area contributed by atoms with Crippen molar-refractivity contribution in [2.24, 2.45) is 5.92 Å². The summed E-state index contributed by atoms with van der Waals surface area (Å²) in [6.07, 6.45) is 7.02. The van der Waals surface area contributed by atoms with E-state index in [2.05, 4.69) is 52.1 Å². The Balaban J connectivity index is 1.26. The number of nitrogens with one attached hydrogen (secondary N) is 1. The van der Waals surface area contributed by atoms with Gasteiger partial charge in [0.25, 0.3) is 0 Å². The van der Waals surface area contributed by atoms with Crippen LogP contribution in [0.1, 0.15) is 49.9 Å². The van der Waals surface area contributed by atoms with Crippen LogP contribution in [0.15, 0.2) is 60.9 Å². The number of nitrogens with zero attached hydrogens (tertiary/aromatic N) is 3. The smallest absolute Gasteiger partial charge is 0.146 e. The Morgan fingerprint density at radius 3 is 2.66 bits per heavy atom. The Bertz CT molecular complexity index is 1370. The Morgan fingerprint density at radius 1 is 1.05 bits per heavy atom. The molecule has 3 heterocycles. The molecule has 1 saturated carbocycles. The molecule has 2 aromatic heterocycles. The average Bonchev–Trinajstić information content (AvgIpc) is 3.27. The van der Waals surface area contributed by atoms with Crippen molar-refractivity contribution in [1.82, 2.24) is 19.9 Å². The van der Waals surface area contributed by atoms with E-state index >= 15 is 0 Å². The molecule has 2 aromatic carbocycles. The summed E-state index contributed by atoms with van der Waals surface area (Å²) in [4.78, 5) is 9.14. The Kier molecular flexibility index (Phi) is 7.29. The average molecular weight is 512 g/mol. The van der Waals surface area contributed by atoms with Crippen molar-refractivity contribution in [3.05, 3.63) is 72.2 Å². The monoisotopic (exact) mass is 511 g/mol. The molecule has 6 rings (SSSR count). The van der Waals surface area contributed by atoms with Gasteiger partial charge in [0.2, 0.25) is 0 Å². The molecule has 1 aliphatic carbocycles. The third-order valence-electron chi connectivity index (χ3n) is 8.11. The summed E-state index contributed by atoms with van der Waals surface area (Å²) in [6.45, 7) is 5.58. The standard InChI is InChI=1S/C31H37N5O2/c1-2-27-28(23-9-6-10-26(17-23)38-19-21-7-4-3-5-8-21)29-30(32)34-20-35-31(29)36(27)25-15-22(16-25)18-33-24-11-13-37-14-12-24/h3-10,17,20,22,24-25,33H,2,11-16,18-19H2,1H3,(H2,32,34,35). The van der Waals surface area contributed by atoms with Crippen molar-refractivity contribution in [3.63, 3.8) is 0 Å². The second kappa shape index (κ2) is 11.1. The topological polar surface area (TPSA) is 87.2 Å². The fourth-order valence-electron chi connectivity index (χ4n) is 6.05. The fourth-order valence-corrected chi connectivity index (χ4v) is 6.05. The SMILES string of the molecule is CCc1c(-c2cccc(OCc3ccccc3)c2)c2c(N)ncnc2n1C1CC(CNC2CCOCC2)C1. The van der Waals surface area contributed by atoms with E-state index in [1.54, 1.807) is 6.33 Å². The molecule has 0 bridgehead atoms. The minimum Gasteiger partial charge on any atom is -0.489 e. The number of nitrogen functional groups attached to an aromatic ring is 1. The summed E-state index contributed by atoms with van der Waals surface area (Å²) in [7, 11) is 0. The first-order valence-electron chi connectivity index (χ1n) is 13.9. The number of rotatable bonds is 9. The van der Waals surface area contributed by atoms with Gasteiger partial charge in [-0.3, -0.25) is 0 Å². The maximum atomic E-state index is 6.51. The van der Waals surface area contributed by atoms with E-state index in [-0.39, 0.29) is 0 Å². The van der Waals surface area contributed by atoms with E-state index in [1.807, 2.05) is 24.3 Å². The van der Waals surface area contributed by atoms with Gasteiger partial charge in [-0.25, -0.2) is 9.97 Å². The predicted octanol–water partition coefficient (Wildman–Crippen LogP) is 5.54. The van der Waals surface area contributed by atoms with Gasteiger partial charge < -0.3 is 25.1 Å².